The van der Waals surface area contributed by atoms with E-state index in [1.54, 1.807) is 16.8 Å². The standard InChI is InChI=1S/C10H13N5O3/c1-6-13-14-9-8(11-3-4-15(6)9)12-5-7(18-2)10(16)17/h3-4,7H,5H2,1-2H3,(H,11,12)(H,16,17). The molecule has 2 aromatic rings. The number of aromatic nitrogens is 4. The van der Waals surface area contributed by atoms with E-state index in [-0.39, 0.29) is 6.54 Å². The zero-order valence-corrected chi connectivity index (χ0v) is 9.99. The molecule has 2 heterocycles. The highest BCUT2D eigenvalue weighted by atomic mass is 16.5. The van der Waals surface area contributed by atoms with Crippen LogP contribution in [0.5, 0.6) is 0 Å². The third-order valence-electron chi connectivity index (χ3n) is 2.51. The van der Waals surface area contributed by atoms with Gasteiger partial charge in [-0.1, -0.05) is 0 Å². The fourth-order valence-corrected chi connectivity index (χ4v) is 1.53. The third-order valence-corrected chi connectivity index (χ3v) is 2.51. The molecule has 0 aromatic carbocycles. The molecule has 0 amide bonds. The number of nitrogens with one attached hydrogen (secondary N) is 1. The topological polar surface area (TPSA) is 102 Å². The van der Waals surface area contributed by atoms with E-state index in [1.165, 1.54) is 7.11 Å². The molecule has 2 rings (SSSR count). The van der Waals surface area contributed by atoms with E-state index < -0.39 is 12.1 Å². The van der Waals surface area contributed by atoms with Crippen molar-refractivity contribution in [2.45, 2.75) is 13.0 Å². The van der Waals surface area contributed by atoms with Gasteiger partial charge >= 0.3 is 5.97 Å². The van der Waals surface area contributed by atoms with Crippen molar-refractivity contribution in [3.8, 4) is 0 Å². The van der Waals surface area contributed by atoms with Gasteiger partial charge in [0, 0.05) is 19.5 Å². The summed E-state index contributed by atoms with van der Waals surface area (Å²) in [4.78, 5) is 14.9. The van der Waals surface area contributed by atoms with Crippen LogP contribution in [0.25, 0.3) is 5.65 Å². The fraction of sp³-hybridized carbons (Fsp3) is 0.400. The summed E-state index contributed by atoms with van der Waals surface area (Å²) in [5.41, 5.74) is 0.551. The second-order valence-electron chi connectivity index (χ2n) is 3.66. The molecule has 18 heavy (non-hydrogen) atoms. The summed E-state index contributed by atoms with van der Waals surface area (Å²) < 4.78 is 6.58. The molecule has 0 radical (unpaired) electrons. The number of hydrogen-bond donors (Lipinski definition) is 2. The number of fused-ring (bicyclic) bond motifs is 1. The molecule has 2 N–H and O–H groups in total. The Balaban J connectivity index is 2.19. The Kier molecular flexibility index (Phi) is 3.38. The van der Waals surface area contributed by atoms with Gasteiger partial charge in [0.2, 0.25) is 5.65 Å². The Morgan fingerprint density at radius 2 is 2.39 bits per heavy atom. The first kappa shape index (κ1) is 12.2. The SMILES string of the molecule is COC(CNc1nccn2c(C)nnc12)C(=O)O. The van der Waals surface area contributed by atoms with E-state index in [2.05, 4.69) is 20.5 Å². The molecule has 8 heteroatoms. The highest BCUT2D eigenvalue weighted by Crippen LogP contribution is 2.11. The molecule has 0 aliphatic carbocycles. The van der Waals surface area contributed by atoms with Crippen LogP contribution < -0.4 is 5.32 Å². The fourth-order valence-electron chi connectivity index (χ4n) is 1.53. The maximum Gasteiger partial charge on any atom is 0.334 e. The number of carbonyl (C=O) groups is 1. The number of methoxy groups -OCH3 is 1. The van der Waals surface area contributed by atoms with Crippen LogP contribution in [-0.2, 0) is 9.53 Å². The van der Waals surface area contributed by atoms with E-state index in [4.69, 9.17) is 9.84 Å². The van der Waals surface area contributed by atoms with Crippen molar-refractivity contribution >= 4 is 17.4 Å². The van der Waals surface area contributed by atoms with Gasteiger partial charge in [0.15, 0.2) is 11.9 Å². The van der Waals surface area contributed by atoms with E-state index in [0.717, 1.165) is 5.82 Å². The van der Waals surface area contributed by atoms with E-state index in [0.29, 0.717) is 11.5 Å². The molecule has 0 saturated heterocycles. The molecule has 0 fully saturated rings. The molecule has 0 bridgehead atoms. The van der Waals surface area contributed by atoms with E-state index in [9.17, 15) is 4.79 Å². The van der Waals surface area contributed by atoms with Crippen LogP contribution in [0.3, 0.4) is 0 Å². The Morgan fingerprint density at radius 1 is 1.61 bits per heavy atom. The number of ether oxygens (including phenoxy) is 1. The quantitative estimate of drug-likeness (QED) is 0.767. The highest BCUT2D eigenvalue weighted by molar-refractivity contribution is 5.73. The van der Waals surface area contributed by atoms with Crippen LogP contribution in [0.1, 0.15) is 5.82 Å². The van der Waals surface area contributed by atoms with Crippen LogP contribution in [0.15, 0.2) is 12.4 Å². The number of carboxylic acids is 1. The van der Waals surface area contributed by atoms with Gasteiger partial charge in [0.25, 0.3) is 0 Å². The Bertz CT molecular complexity index is 568. The van der Waals surface area contributed by atoms with Crippen molar-refractivity contribution in [3.63, 3.8) is 0 Å². The van der Waals surface area contributed by atoms with Crippen molar-refractivity contribution in [3.05, 3.63) is 18.2 Å². The summed E-state index contributed by atoms with van der Waals surface area (Å²) in [6.45, 7) is 1.92. The van der Waals surface area contributed by atoms with Gasteiger partial charge in [0.1, 0.15) is 5.82 Å². The number of carboxylic acid groups (broad SMARTS) is 1. The molecule has 1 atom stereocenters. The monoisotopic (exact) mass is 251 g/mol. The predicted molar refractivity (Wildman–Crippen MR) is 62.4 cm³/mol. The summed E-state index contributed by atoms with van der Waals surface area (Å²) in [5.74, 6) is 0.174. The molecule has 96 valence electrons. The highest BCUT2D eigenvalue weighted by Gasteiger charge is 2.17. The first-order valence-electron chi connectivity index (χ1n) is 5.29. The lowest BCUT2D eigenvalue weighted by Gasteiger charge is -2.12. The van der Waals surface area contributed by atoms with Gasteiger partial charge in [-0.25, -0.2) is 9.78 Å². The molecule has 0 saturated carbocycles. The zero-order valence-electron chi connectivity index (χ0n) is 9.99. The Labute approximate surface area is 103 Å². The summed E-state index contributed by atoms with van der Waals surface area (Å²) in [6, 6.07) is 0. The summed E-state index contributed by atoms with van der Waals surface area (Å²) >= 11 is 0. The number of aliphatic carboxylic acids is 1. The molecular weight excluding hydrogens is 238 g/mol. The maximum atomic E-state index is 10.8. The Hall–Kier alpha value is -2.22. The van der Waals surface area contributed by atoms with Crippen LogP contribution in [-0.4, -0.2) is 50.4 Å². The smallest absolute Gasteiger partial charge is 0.334 e. The zero-order chi connectivity index (χ0) is 13.1. The average molecular weight is 251 g/mol. The lowest BCUT2D eigenvalue weighted by Crippen LogP contribution is -2.30. The van der Waals surface area contributed by atoms with Gasteiger partial charge in [-0.15, -0.1) is 10.2 Å². The minimum absolute atomic E-state index is 0.102. The number of nitrogens with zero attached hydrogens (tertiary/aromatic N) is 4. The normalized spacial score (nSPS) is 12.6. The Morgan fingerprint density at radius 3 is 3.06 bits per heavy atom. The minimum atomic E-state index is -1.03. The molecule has 0 spiro atoms. The summed E-state index contributed by atoms with van der Waals surface area (Å²) in [5, 5.41) is 19.6. The lowest BCUT2D eigenvalue weighted by atomic mass is 10.3. The molecule has 2 aromatic heterocycles. The van der Waals surface area contributed by atoms with Crippen molar-refractivity contribution in [2.75, 3.05) is 19.0 Å². The molecule has 0 aliphatic heterocycles. The van der Waals surface area contributed by atoms with Crippen molar-refractivity contribution in [1.82, 2.24) is 19.6 Å². The largest absolute Gasteiger partial charge is 0.479 e. The van der Waals surface area contributed by atoms with Gasteiger partial charge in [-0.2, -0.15) is 0 Å². The van der Waals surface area contributed by atoms with Crippen LogP contribution in [0, 0.1) is 6.92 Å². The van der Waals surface area contributed by atoms with Gasteiger partial charge in [0.05, 0.1) is 6.54 Å². The van der Waals surface area contributed by atoms with Crippen LogP contribution in [0.4, 0.5) is 5.82 Å². The minimum Gasteiger partial charge on any atom is -0.479 e. The lowest BCUT2D eigenvalue weighted by molar-refractivity contribution is -0.147. The van der Waals surface area contributed by atoms with Gasteiger partial charge in [-0.3, -0.25) is 4.40 Å². The van der Waals surface area contributed by atoms with Gasteiger partial charge < -0.3 is 15.2 Å². The van der Waals surface area contributed by atoms with Crippen molar-refractivity contribution < 1.29 is 14.6 Å². The summed E-state index contributed by atoms with van der Waals surface area (Å²) in [7, 11) is 1.34. The number of hydrogen-bond acceptors (Lipinski definition) is 6. The average Bonchev–Trinajstić information content (AvgIpc) is 2.73. The van der Waals surface area contributed by atoms with E-state index >= 15 is 0 Å². The van der Waals surface area contributed by atoms with Gasteiger partial charge in [-0.05, 0) is 6.92 Å². The molecule has 1 unspecified atom stereocenters. The number of anilines is 1. The maximum absolute atomic E-state index is 10.8. The second kappa shape index (κ2) is 4.96. The first-order valence-corrected chi connectivity index (χ1v) is 5.29. The third kappa shape index (κ3) is 2.23. The van der Waals surface area contributed by atoms with Crippen molar-refractivity contribution in [2.24, 2.45) is 0 Å². The second-order valence-corrected chi connectivity index (χ2v) is 3.66. The van der Waals surface area contributed by atoms with E-state index in [1.807, 2.05) is 6.92 Å². The number of rotatable bonds is 5. The van der Waals surface area contributed by atoms with Crippen LogP contribution >= 0.6 is 0 Å². The number of aryl methyl sites for hydroxylation is 1. The van der Waals surface area contributed by atoms with Crippen molar-refractivity contribution in [1.29, 1.82) is 0 Å². The molecule has 0 aliphatic rings. The summed E-state index contributed by atoms with van der Waals surface area (Å²) in [6.07, 6.45) is 2.39. The van der Waals surface area contributed by atoms with Crippen LogP contribution in [0.2, 0.25) is 0 Å². The predicted octanol–water partition coefficient (Wildman–Crippen LogP) is -0.0558. The molecule has 8 nitrogen and oxygen atoms in total. The molecular formula is C10H13N5O3. The first-order chi connectivity index (χ1) is 8.63.